The molecular weight excluding hydrogens is 300 g/mol. The molecule has 0 saturated carbocycles. The van der Waals surface area contributed by atoms with Crippen LogP contribution in [0.5, 0.6) is 0 Å². The number of unbranched alkanes of at least 4 members (excludes halogenated alkanes) is 1. The van der Waals surface area contributed by atoms with E-state index in [2.05, 4.69) is 6.92 Å². The van der Waals surface area contributed by atoms with E-state index in [9.17, 15) is 4.79 Å². The maximum Gasteiger partial charge on any atom is 0.193 e. The van der Waals surface area contributed by atoms with Crippen LogP contribution in [-0.4, -0.2) is 11.5 Å². The van der Waals surface area contributed by atoms with Crippen molar-refractivity contribution < 1.29 is 4.79 Å². The van der Waals surface area contributed by atoms with Gasteiger partial charge in [0.1, 0.15) is 0 Å². The molecule has 0 unspecified atom stereocenters. The summed E-state index contributed by atoms with van der Waals surface area (Å²) in [5.74, 6) is 2.24. The summed E-state index contributed by atoms with van der Waals surface area (Å²) < 4.78 is 0. The molecule has 2 aromatic rings. The van der Waals surface area contributed by atoms with E-state index in [0.717, 1.165) is 11.3 Å². The summed E-state index contributed by atoms with van der Waals surface area (Å²) in [6.45, 7) is 2.21. The largest absolute Gasteiger partial charge is 0.289 e. The summed E-state index contributed by atoms with van der Waals surface area (Å²) in [7, 11) is 0. The van der Waals surface area contributed by atoms with Crippen LogP contribution in [0.4, 0.5) is 0 Å². The highest BCUT2D eigenvalue weighted by Crippen LogP contribution is 2.17. The fraction of sp³-hybridized carbons (Fsp3) is 0.278. The Bertz CT molecular complexity index is 575. The van der Waals surface area contributed by atoms with Crippen molar-refractivity contribution in [1.82, 2.24) is 0 Å². The van der Waals surface area contributed by atoms with Crippen molar-refractivity contribution in [3.8, 4) is 0 Å². The van der Waals surface area contributed by atoms with Gasteiger partial charge in [-0.25, -0.2) is 0 Å². The molecule has 1 nitrogen and oxygen atoms in total. The van der Waals surface area contributed by atoms with E-state index in [-0.39, 0.29) is 5.78 Å². The van der Waals surface area contributed by atoms with Crippen LogP contribution in [-0.2, 0) is 5.75 Å². The highest BCUT2D eigenvalue weighted by Gasteiger charge is 2.08. The SMILES string of the molecule is CCCCSCc1ccc(C(=O)c2ccc(Cl)cc2)cc1. The molecule has 0 aliphatic heterocycles. The molecule has 0 atom stereocenters. The Kier molecular flexibility index (Phi) is 6.34. The van der Waals surface area contributed by atoms with E-state index in [4.69, 9.17) is 11.6 Å². The van der Waals surface area contributed by atoms with Crippen molar-refractivity contribution in [2.75, 3.05) is 5.75 Å². The number of thioether (sulfide) groups is 1. The van der Waals surface area contributed by atoms with Crippen LogP contribution in [0, 0.1) is 0 Å². The van der Waals surface area contributed by atoms with Gasteiger partial charge >= 0.3 is 0 Å². The van der Waals surface area contributed by atoms with Gasteiger partial charge in [0, 0.05) is 21.9 Å². The number of hydrogen-bond donors (Lipinski definition) is 0. The normalized spacial score (nSPS) is 10.6. The second-order valence-corrected chi connectivity index (χ2v) is 6.48. The van der Waals surface area contributed by atoms with Crippen molar-refractivity contribution in [2.45, 2.75) is 25.5 Å². The Labute approximate surface area is 135 Å². The van der Waals surface area contributed by atoms with Crippen LogP contribution >= 0.6 is 23.4 Å². The minimum atomic E-state index is 0.0388. The molecule has 0 radical (unpaired) electrons. The van der Waals surface area contributed by atoms with Crippen LogP contribution in [0.15, 0.2) is 48.5 Å². The zero-order valence-electron chi connectivity index (χ0n) is 12.1. The Morgan fingerprint density at radius 1 is 1.00 bits per heavy atom. The molecule has 0 spiro atoms. The van der Waals surface area contributed by atoms with Gasteiger partial charge in [-0.1, -0.05) is 49.2 Å². The molecule has 110 valence electrons. The molecule has 2 aromatic carbocycles. The number of rotatable bonds is 7. The van der Waals surface area contributed by atoms with Crippen molar-refractivity contribution in [1.29, 1.82) is 0 Å². The van der Waals surface area contributed by atoms with Gasteiger partial charge in [0.2, 0.25) is 0 Å². The van der Waals surface area contributed by atoms with E-state index in [1.165, 1.54) is 24.2 Å². The number of benzene rings is 2. The number of hydrogen-bond acceptors (Lipinski definition) is 2. The quantitative estimate of drug-likeness (QED) is 0.488. The summed E-state index contributed by atoms with van der Waals surface area (Å²) >= 11 is 7.78. The van der Waals surface area contributed by atoms with Crippen LogP contribution < -0.4 is 0 Å². The van der Waals surface area contributed by atoms with Crippen molar-refractivity contribution in [3.63, 3.8) is 0 Å². The summed E-state index contributed by atoms with van der Waals surface area (Å²) in [4.78, 5) is 12.3. The second kappa shape index (κ2) is 8.26. The first kappa shape index (κ1) is 16.1. The van der Waals surface area contributed by atoms with Crippen LogP contribution in [0.25, 0.3) is 0 Å². The fourth-order valence-electron chi connectivity index (χ4n) is 1.96. The lowest BCUT2D eigenvalue weighted by molar-refractivity contribution is 0.103. The monoisotopic (exact) mass is 318 g/mol. The van der Waals surface area contributed by atoms with Gasteiger partial charge in [-0.15, -0.1) is 0 Å². The number of carbonyl (C=O) groups excluding carboxylic acids is 1. The maximum absolute atomic E-state index is 12.3. The van der Waals surface area contributed by atoms with Gasteiger partial charge in [0.05, 0.1) is 0 Å². The molecule has 0 aromatic heterocycles. The molecule has 3 heteroatoms. The molecule has 21 heavy (non-hydrogen) atoms. The van der Waals surface area contributed by atoms with Crippen LogP contribution in [0.3, 0.4) is 0 Å². The summed E-state index contributed by atoms with van der Waals surface area (Å²) in [6.07, 6.45) is 2.50. The summed E-state index contributed by atoms with van der Waals surface area (Å²) in [6, 6.07) is 14.9. The smallest absolute Gasteiger partial charge is 0.193 e. The van der Waals surface area contributed by atoms with Crippen molar-refractivity contribution >= 4 is 29.1 Å². The van der Waals surface area contributed by atoms with Gasteiger partial charge in [0.15, 0.2) is 5.78 Å². The molecule has 0 amide bonds. The molecule has 0 bridgehead atoms. The van der Waals surface area contributed by atoms with Gasteiger partial charge in [0.25, 0.3) is 0 Å². The average Bonchev–Trinajstić information content (AvgIpc) is 2.52. The predicted molar refractivity (Wildman–Crippen MR) is 92.4 cm³/mol. The molecule has 0 aliphatic rings. The van der Waals surface area contributed by atoms with Gasteiger partial charge in [-0.05, 0) is 42.0 Å². The fourth-order valence-corrected chi connectivity index (χ4v) is 3.15. The van der Waals surface area contributed by atoms with E-state index in [0.29, 0.717) is 10.6 Å². The van der Waals surface area contributed by atoms with Gasteiger partial charge < -0.3 is 0 Å². The zero-order chi connectivity index (χ0) is 15.1. The lowest BCUT2D eigenvalue weighted by Gasteiger charge is -2.04. The van der Waals surface area contributed by atoms with Gasteiger partial charge in [-0.3, -0.25) is 4.79 Å². The molecule has 0 heterocycles. The van der Waals surface area contributed by atoms with E-state index in [1.807, 2.05) is 36.0 Å². The molecular formula is C18H19ClOS. The highest BCUT2D eigenvalue weighted by molar-refractivity contribution is 7.98. The predicted octanol–water partition coefficient (Wildman–Crippen LogP) is 5.60. The van der Waals surface area contributed by atoms with Crippen molar-refractivity contribution in [2.24, 2.45) is 0 Å². The van der Waals surface area contributed by atoms with E-state index >= 15 is 0 Å². The first-order valence-electron chi connectivity index (χ1n) is 7.17. The van der Waals surface area contributed by atoms with E-state index in [1.54, 1.807) is 24.3 Å². The Morgan fingerprint density at radius 2 is 1.57 bits per heavy atom. The first-order chi connectivity index (χ1) is 10.2. The Morgan fingerprint density at radius 3 is 2.14 bits per heavy atom. The van der Waals surface area contributed by atoms with Crippen LogP contribution in [0.1, 0.15) is 41.3 Å². The first-order valence-corrected chi connectivity index (χ1v) is 8.71. The van der Waals surface area contributed by atoms with Crippen LogP contribution in [0.2, 0.25) is 5.02 Å². The standard InChI is InChI=1S/C18H19ClOS/c1-2-3-12-21-13-14-4-6-15(7-5-14)18(20)16-8-10-17(19)11-9-16/h4-11H,2-3,12-13H2,1H3. The molecule has 2 rings (SSSR count). The lowest BCUT2D eigenvalue weighted by Crippen LogP contribution is -2.01. The lowest BCUT2D eigenvalue weighted by atomic mass is 10.0. The zero-order valence-corrected chi connectivity index (χ0v) is 13.7. The van der Waals surface area contributed by atoms with Gasteiger partial charge in [-0.2, -0.15) is 11.8 Å². The second-order valence-electron chi connectivity index (χ2n) is 4.94. The average molecular weight is 319 g/mol. The van der Waals surface area contributed by atoms with E-state index < -0.39 is 0 Å². The third-order valence-electron chi connectivity index (χ3n) is 3.23. The minimum absolute atomic E-state index is 0.0388. The third kappa shape index (κ3) is 4.90. The summed E-state index contributed by atoms with van der Waals surface area (Å²) in [5.41, 5.74) is 2.66. The Hall–Kier alpha value is -1.25. The van der Waals surface area contributed by atoms with Crippen molar-refractivity contribution in [3.05, 3.63) is 70.2 Å². The molecule has 0 fully saturated rings. The highest BCUT2D eigenvalue weighted by atomic mass is 35.5. The maximum atomic E-state index is 12.3. The third-order valence-corrected chi connectivity index (χ3v) is 4.60. The molecule has 0 N–H and O–H groups in total. The number of ketones is 1. The molecule has 0 aliphatic carbocycles. The number of halogens is 1. The molecule has 0 saturated heterocycles. The number of carbonyl (C=O) groups is 1. The topological polar surface area (TPSA) is 17.1 Å². The Balaban J connectivity index is 1.98. The summed E-state index contributed by atoms with van der Waals surface area (Å²) in [5, 5.41) is 0.644. The minimum Gasteiger partial charge on any atom is -0.289 e.